The summed E-state index contributed by atoms with van der Waals surface area (Å²) in [7, 11) is 2.94. The highest BCUT2D eigenvalue weighted by molar-refractivity contribution is 5.66. The zero-order chi connectivity index (χ0) is 8.97. The van der Waals surface area contributed by atoms with Gasteiger partial charge in [-0.3, -0.25) is 0 Å². The quantitative estimate of drug-likeness (QED) is 0.621. The van der Waals surface area contributed by atoms with Gasteiger partial charge in [-0.1, -0.05) is 0 Å². The van der Waals surface area contributed by atoms with E-state index in [9.17, 15) is 4.79 Å². The Morgan fingerprint density at radius 3 is 3.00 bits per heavy atom. The van der Waals surface area contributed by atoms with Gasteiger partial charge in [0.2, 0.25) is 0 Å². The minimum atomic E-state index is -0.512. The van der Waals surface area contributed by atoms with E-state index in [4.69, 9.17) is 0 Å². The van der Waals surface area contributed by atoms with Crippen LogP contribution in [0.15, 0.2) is 0 Å². The Kier molecular flexibility index (Phi) is 2.57. The van der Waals surface area contributed by atoms with Gasteiger partial charge < -0.3 is 10.1 Å². The first-order valence-electron chi connectivity index (χ1n) is 3.27. The van der Waals surface area contributed by atoms with Crippen molar-refractivity contribution in [2.75, 3.05) is 7.11 Å². The smallest absolute Gasteiger partial charge is 0.407 e. The fraction of sp³-hybridized carbons (Fsp3) is 0.600. The molecule has 0 aliphatic carbocycles. The second kappa shape index (κ2) is 3.65. The van der Waals surface area contributed by atoms with Crippen LogP contribution in [-0.2, 0) is 18.3 Å². The Hall–Kier alpha value is -1.66. The van der Waals surface area contributed by atoms with Crippen molar-refractivity contribution >= 4 is 6.09 Å². The maximum atomic E-state index is 10.6. The van der Waals surface area contributed by atoms with Gasteiger partial charge in [0, 0.05) is 0 Å². The molecule has 0 radical (unpaired) electrons. The zero-order valence-corrected chi connectivity index (χ0v) is 6.81. The summed E-state index contributed by atoms with van der Waals surface area (Å²) in [6, 6.07) is 0. The number of carbonyl (C=O) groups is 1. The van der Waals surface area contributed by atoms with E-state index in [2.05, 4.69) is 25.5 Å². The highest BCUT2D eigenvalue weighted by Gasteiger charge is 2.02. The second-order valence-electron chi connectivity index (χ2n) is 2.04. The minimum Gasteiger partial charge on any atom is -0.453 e. The molecule has 1 amide bonds. The van der Waals surface area contributed by atoms with Gasteiger partial charge in [0.25, 0.3) is 0 Å². The van der Waals surface area contributed by atoms with Crippen LogP contribution >= 0.6 is 0 Å². The third kappa shape index (κ3) is 2.19. The van der Waals surface area contributed by atoms with E-state index in [1.54, 1.807) is 7.05 Å². The SMILES string of the molecule is COC(=O)NCc1nnn(C)n1. The van der Waals surface area contributed by atoms with Crippen molar-refractivity contribution in [3.8, 4) is 0 Å². The Bertz CT molecular complexity index is 271. The molecule has 1 aromatic rings. The Morgan fingerprint density at radius 2 is 2.50 bits per heavy atom. The first-order valence-corrected chi connectivity index (χ1v) is 3.27. The predicted octanol–water partition coefficient (Wildman–Crippen LogP) is -0.934. The number of tetrazole rings is 1. The van der Waals surface area contributed by atoms with Crippen molar-refractivity contribution in [2.45, 2.75) is 6.54 Å². The van der Waals surface area contributed by atoms with Crippen molar-refractivity contribution in [2.24, 2.45) is 7.05 Å². The van der Waals surface area contributed by atoms with Gasteiger partial charge in [-0.2, -0.15) is 4.80 Å². The molecule has 7 nitrogen and oxygen atoms in total. The van der Waals surface area contributed by atoms with Gasteiger partial charge in [-0.25, -0.2) is 4.79 Å². The number of ether oxygens (including phenoxy) is 1. The van der Waals surface area contributed by atoms with E-state index in [1.807, 2.05) is 0 Å². The van der Waals surface area contributed by atoms with E-state index < -0.39 is 6.09 Å². The topological polar surface area (TPSA) is 81.9 Å². The van der Waals surface area contributed by atoms with Crippen molar-refractivity contribution < 1.29 is 9.53 Å². The van der Waals surface area contributed by atoms with Crippen LogP contribution in [0.2, 0.25) is 0 Å². The van der Waals surface area contributed by atoms with E-state index in [1.165, 1.54) is 11.9 Å². The highest BCUT2D eigenvalue weighted by Crippen LogP contribution is 1.83. The van der Waals surface area contributed by atoms with Crippen LogP contribution in [0.1, 0.15) is 5.82 Å². The number of alkyl carbamates (subject to hydrolysis) is 1. The monoisotopic (exact) mass is 171 g/mol. The third-order valence-corrected chi connectivity index (χ3v) is 1.13. The number of aromatic nitrogens is 4. The fourth-order valence-corrected chi connectivity index (χ4v) is 0.618. The lowest BCUT2D eigenvalue weighted by atomic mass is 10.6. The highest BCUT2D eigenvalue weighted by atomic mass is 16.5. The van der Waals surface area contributed by atoms with Crippen LogP contribution in [-0.4, -0.2) is 33.4 Å². The maximum Gasteiger partial charge on any atom is 0.407 e. The molecule has 0 aliphatic heterocycles. The molecule has 0 spiro atoms. The molecular weight excluding hydrogens is 162 g/mol. The largest absolute Gasteiger partial charge is 0.453 e. The molecule has 7 heteroatoms. The second-order valence-corrected chi connectivity index (χ2v) is 2.04. The number of nitrogens with one attached hydrogen (secondary N) is 1. The van der Waals surface area contributed by atoms with Gasteiger partial charge in [0.15, 0.2) is 5.82 Å². The van der Waals surface area contributed by atoms with Crippen LogP contribution in [0.25, 0.3) is 0 Å². The summed E-state index contributed by atoms with van der Waals surface area (Å²) in [6.45, 7) is 0.223. The molecule has 1 aromatic heterocycles. The zero-order valence-electron chi connectivity index (χ0n) is 6.81. The lowest BCUT2D eigenvalue weighted by Crippen LogP contribution is -2.23. The molecule has 0 aliphatic rings. The molecule has 0 bridgehead atoms. The lowest BCUT2D eigenvalue weighted by molar-refractivity contribution is 0.170. The third-order valence-electron chi connectivity index (χ3n) is 1.13. The molecule has 0 fully saturated rings. The van der Waals surface area contributed by atoms with Crippen molar-refractivity contribution in [1.82, 2.24) is 25.5 Å². The summed E-state index contributed by atoms with van der Waals surface area (Å²) in [6.07, 6.45) is -0.512. The van der Waals surface area contributed by atoms with Crippen LogP contribution < -0.4 is 5.32 Å². The van der Waals surface area contributed by atoms with Gasteiger partial charge in [-0.15, -0.1) is 10.2 Å². The molecule has 0 aromatic carbocycles. The van der Waals surface area contributed by atoms with Gasteiger partial charge in [0.1, 0.15) is 0 Å². The summed E-state index contributed by atoms with van der Waals surface area (Å²) in [4.78, 5) is 11.9. The number of carbonyl (C=O) groups excluding carboxylic acids is 1. The van der Waals surface area contributed by atoms with E-state index >= 15 is 0 Å². The van der Waals surface area contributed by atoms with Crippen molar-refractivity contribution in [3.05, 3.63) is 5.82 Å². The molecule has 1 rings (SSSR count). The Balaban J connectivity index is 2.38. The summed E-state index contributed by atoms with van der Waals surface area (Å²) < 4.78 is 4.35. The van der Waals surface area contributed by atoms with E-state index in [-0.39, 0.29) is 6.54 Å². The van der Waals surface area contributed by atoms with E-state index in [0.29, 0.717) is 5.82 Å². The number of methoxy groups -OCH3 is 1. The van der Waals surface area contributed by atoms with Crippen LogP contribution in [0.4, 0.5) is 4.79 Å². The minimum absolute atomic E-state index is 0.223. The summed E-state index contributed by atoms with van der Waals surface area (Å²) in [5, 5.41) is 13.5. The van der Waals surface area contributed by atoms with Gasteiger partial charge >= 0.3 is 6.09 Å². The molecule has 0 atom stereocenters. The van der Waals surface area contributed by atoms with Crippen LogP contribution in [0, 0.1) is 0 Å². The number of nitrogens with zero attached hydrogens (tertiary/aromatic N) is 4. The number of aryl methyl sites for hydroxylation is 1. The Labute approximate surface area is 68.7 Å². The molecule has 12 heavy (non-hydrogen) atoms. The number of rotatable bonds is 2. The lowest BCUT2D eigenvalue weighted by Gasteiger charge is -1.97. The number of amides is 1. The standard InChI is InChI=1S/C5H9N5O2/c1-10-8-4(7-9-10)3-6-5(11)12-2/h3H2,1-2H3,(H,6,11). The summed E-state index contributed by atoms with van der Waals surface area (Å²) in [5.41, 5.74) is 0. The first kappa shape index (κ1) is 8.44. The van der Waals surface area contributed by atoms with Crippen LogP contribution in [0.5, 0.6) is 0 Å². The number of hydrogen-bond donors (Lipinski definition) is 1. The molecule has 66 valence electrons. The molecular formula is C5H9N5O2. The summed E-state index contributed by atoms with van der Waals surface area (Å²) >= 11 is 0. The predicted molar refractivity (Wildman–Crippen MR) is 38.0 cm³/mol. The van der Waals surface area contributed by atoms with Gasteiger partial charge in [-0.05, 0) is 5.21 Å². The fourth-order valence-electron chi connectivity index (χ4n) is 0.618. The molecule has 0 unspecified atom stereocenters. The Morgan fingerprint density at radius 1 is 1.75 bits per heavy atom. The van der Waals surface area contributed by atoms with Crippen molar-refractivity contribution in [1.29, 1.82) is 0 Å². The normalized spacial score (nSPS) is 9.50. The molecule has 1 heterocycles. The van der Waals surface area contributed by atoms with E-state index in [0.717, 1.165) is 0 Å². The molecule has 0 saturated carbocycles. The summed E-state index contributed by atoms with van der Waals surface area (Å²) in [5.74, 6) is 0.447. The first-order chi connectivity index (χ1) is 5.72. The maximum absolute atomic E-state index is 10.6. The van der Waals surface area contributed by atoms with Gasteiger partial charge in [0.05, 0.1) is 20.7 Å². The average molecular weight is 171 g/mol. The van der Waals surface area contributed by atoms with Crippen LogP contribution in [0.3, 0.4) is 0 Å². The molecule has 0 saturated heterocycles. The van der Waals surface area contributed by atoms with Crippen molar-refractivity contribution in [3.63, 3.8) is 0 Å². The average Bonchev–Trinajstić information content (AvgIpc) is 2.47. The number of hydrogen-bond acceptors (Lipinski definition) is 5. The molecule has 1 N–H and O–H groups in total.